The van der Waals surface area contributed by atoms with Crippen LogP contribution in [0.3, 0.4) is 0 Å². The third-order valence-electron chi connectivity index (χ3n) is 3.38. The number of benzene rings is 2. The molecule has 0 aromatic heterocycles. The predicted molar refractivity (Wildman–Crippen MR) is 89.7 cm³/mol. The molecule has 2 aromatic rings. The highest BCUT2D eigenvalue weighted by Gasteiger charge is 2.18. The molecule has 23 heavy (non-hydrogen) atoms. The maximum atomic E-state index is 12.3. The van der Waals surface area contributed by atoms with E-state index in [-0.39, 0.29) is 18.0 Å². The van der Waals surface area contributed by atoms with Crippen molar-refractivity contribution >= 4 is 34.8 Å². The zero-order valence-corrected chi connectivity index (χ0v) is 13.8. The summed E-state index contributed by atoms with van der Waals surface area (Å²) < 4.78 is 0. The molecule has 1 amide bonds. The van der Waals surface area contributed by atoms with Gasteiger partial charge in [-0.2, -0.15) is 0 Å². The van der Waals surface area contributed by atoms with E-state index in [2.05, 4.69) is 0 Å². The smallest absolute Gasteiger partial charge is 0.273 e. The van der Waals surface area contributed by atoms with Crippen molar-refractivity contribution in [2.45, 2.75) is 13.0 Å². The van der Waals surface area contributed by atoms with Gasteiger partial charge in [0.25, 0.3) is 5.69 Å². The van der Waals surface area contributed by atoms with Crippen LogP contribution in [-0.2, 0) is 17.8 Å². The number of para-hydroxylation sites is 1. The maximum absolute atomic E-state index is 12.3. The highest BCUT2D eigenvalue weighted by Crippen LogP contribution is 2.23. The van der Waals surface area contributed by atoms with Crippen LogP contribution < -0.4 is 0 Å². The van der Waals surface area contributed by atoms with Gasteiger partial charge in [0.15, 0.2) is 0 Å². The fourth-order valence-corrected chi connectivity index (χ4v) is 2.60. The molecule has 0 fully saturated rings. The Hall–Kier alpha value is -2.11. The largest absolute Gasteiger partial charge is 0.341 e. The lowest BCUT2D eigenvalue weighted by atomic mass is 10.1. The number of halogens is 2. The lowest BCUT2D eigenvalue weighted by Crippen LogP contribution is -2.28. The number of nitro benzene ring substituents is 1. The fraction of sp³-hybridized carbons (Fsp3) is 0.188. The molecule has 0 heterocycles. The van der Waals surface area contributed by atoms with E-state index >= 15 is 0 Å². The second-order valence-corrected chi connectivity index (χ2v) is 5.89. The molecule has 0 aliphatic rings. The molecule has 0 aliphatic carbocycles. The van der Waals surface area contributed by atoms with Crippen LogP contribution in [0.25, 0.3) is 0 Å². The van der Waals surface area contributed by atoms with Gasteiger partial charge in [0.2, 0.25) is 5.91 Å². The normalized spacial score (nSPS) is 10.4. The van der Waals surface area contributed by atoms with Crippen LogP contribution in [0.15, 0.2) is 42.5 Å². The second kappa shape index (κ2) is 7.44. The molecule has 120 valence electrons. The lowest BCUT2D eigenvalue weighted by Gasteiger charge is -2.18. The summed E-state index contributed by atoms with van der Waals surface area (Å²) in [6, 6.07) is 11.3. The Kier molecular flexibility index (Phi) is 5.58. The third kappa shape index (κ3) is 4.43. The highest BCUT2D eigenvalue weighted by molar-refractivity contribution is 6.35. The number of hydrogen-bond acceptors (Lipinski definition) is 3. The van der Waals surface area contributed by atoms with Gasteiger partial charge in [0.05, 0.1) is 11.3 Å². The summed E-state index contributed by atoms with van der Waals surface area (Å²) in [6.45, 7) is 0.301. The monoisotopic (exact) mass is 352 g/mol. The summed E-state index contributed by atoms with van der Waals surface area (Å²) in [5.74, 6) is -0.231. The van der Waals surface area contributed by atoms with Crippen LogP contribution in [0.5, 0.6) is 0 Å². The number of amides is 1. The van der Waals surface area contributed by atoms with Crippen LogP contribution in [0.4, 0.5) is 5.69 Å². The third-order valence-corrected chi connectivity index (χ3v) is 3.97. The van der Waals surface area contributed by atoms with Gasteiger partial charge in [0, 0.05) is 35.3 Å². The molecule has 0 radical (unpaired) electrons. The first-order valence-electron chi connectivity index (χ1n) is 6.78. The number of nitro groups is 1. The summed E-state index contributed by atoms with van der Waals surface area (Å²) in [4.78, 5) is 24.3. The molecule has 0 unspecified atom stereocenters. The molecule has 0 saturated heterocycles. The number of nitrogens with zero attached hydrogens (tertiary/aromatic N) is 2. The molecule has 0 bridgehead atoms. The van der Waals surface area contributed by atoms with E-state index in [1.807, 2.05) is 0 Å². The maximum Gasteiger partial charge on any atom is 0.273 e. The molecule has 2 aromatic carbocycles. The Morgan fingerprint density at radius 2 is 1.87 bits per heavy atom. The molecule has 5 nitrogen and oxygen atoms in total. The van der Waals surface area contributed by atoms with Crippen LogP contribution >= 0.6 is 23.2 Å². The summed E-state index contributed by atoms with van der Waals surface area (Å²) in [5.41, 5.74) is 1.09. The quantitative estimate of drug-likeness (QED) is 0.600. The number of hydrogen-bond donors (Lipinski definition) is 0. The van der Waals surface area contributed by atoms with E-state index in [0.717, 1.165) is 5.56 Å². The van der Waals surface area contributed by atoms with Crippen molar-refractivity contribution in [3.63, 3.8) is 0 Å². The van der Waals surface area contributed by atoms with Gasteiger partial charge in [-0.1, -0.05) is 47.5 Å². The fourth-order valence-electron chi connectivity index (χ4n) is 2.13. The minimum atomic E-state index is -0.487. The van der Waals surface area contributed by atoms with Crippen LogP contribution in [-0.4, -0.2) is 22.8 Å². The summed E-state index contributed by atoms with van der Waals surface area (Å²) in [6.07, 6.45) is -0.0428. The Morgan fingerprint density at radius 1 is 1.17 bits per heavy atom. The van der Waals surface area contributed by atoms with Gasteiger partial charge < -0.3 is 4.90 Å². The van der Waals surface area contributed by atoms with Gasteiger partial charge in [-0.15, -0.1) is 0 Å². The van der Waals surface area contributed by atoms with Crippen molar-refractivity contribution in [3.8, 4) is 0 Å². The predicted octanol–water partition coefficient (Wildman–Crippen LogP) is 4.10. The molecule has 7 heteroatoms. The van der Waals surface area contributed by atoms with E-state index in [1.54, 1.807) is 43.4 Å². The highest BCUT2D eigenvalue weighted by atomic mass is 35.5. The summed E-state index contributed by atoms with van der Waals surface area (Å²) in [5, 5.41) is 12.0. The second-order valence-electron chi connectivity index (χ2n) is 5.05. The first kappa shape index (κ1) is 17.2. The van der Waals surface area contributed by atoms with Crippen LogP contribution in [0.2, 0.25) is 10.0 Å². The molecule has 0 atom stereocenters. The average Bonchev–Trinajstić information content (AvgIpc) is 2.50. The standard InChI is InChI=1S/C16H14Cl2N2O3/c1-19(10-12-6-7-13(17)9-14(12)18)16(21)8-11-4-2-3-5-15(11)20(22)23/h2-7,9H,8,10H2,1H3. The lowest BCUT2D eigenvalue weighted by molar-refractivity contribution is -0.385. The van der Waals surface area contributed by atoms with Gasteiger partial charge in [0.1, 0.15) is 0 Å². The van der Waals surface area contributed by atoms with E-state index in [9.17, 15) is 14.9 Å². The van der Waals surface area contributed by atoms with Gasteiger partial charge in [-0.05, 0) is 17.7 Å². The van der Waals surface area contributed by atoms with Crippen molar-refractivity contribution in [2.75, 3.05) is 7.05 Å². The van der Waals surface area contributed by atoms with E-state index in [1.165, 1.54) is 11.0 Å². The summed E-state index contributed by atoms with van der Waals surface area (Å²) >= 11 is 11.9. The minimum absolute atomic E-state index is 0.0428. The Bertz CT molecular complexity index is 750. The minimum Gasteiger partial charge on any atom is -0.341 e. The molecular formula is C16H14Cl2N2O3. The first-order valence-corrected chi connectivity index (χ1v) is 7.54. The van der Waals surface area contributed by atoms with Crippen molar-refractivity contribution in [1.29, 1.82) is 0 Å². The Balaban J connectivity index is 2.10. The van der Waals surface area contributed by atoms with Gasteiger partial charge >= 0.3 is 0 Å². The molecule has 0 N–H and O–H groups in total. The SMILES string of the molecule is CN(Cc1ccc(Cl)cc1Cl)C(=O)Cc1ccccc1[N+](=O)[O-]. The van der Waals surface area contributed by atoms with Gasteiger partial charge in [-0.25, -0.2) is 0 Å². The zero-order valence-electron chi connectivity index (χ0n) is 12.3. The van der Waals surface area contributed by atoms with E-state index in [4.69, 9.17) is 23.2 Å². The first-order chi connectivity index (χ1) is 10.9. The molecule has 2 rings (SSSR count). The van der Waals surface area contributed by atoms with Crippen LogP contribution in [0, 0.1) is 10.1 Å². The Labute approximate surface area is 143 Å². The van der Waals surface area contributed by atoms with Crippen molar-refractivity contribution in [1.82, 2.24) is 4.90 Å². The van der Waals surface area contributed by atoms with Crippen molar-refractivity contribution in [2.24, 2.45) is 0 Å². The number of carbonyl (C=O) groups is 1. The van der Waals surface area contributed by atoms with E-state index in [0.29, 0.717) is 22.2 Å². The average molecular weight is 353 g/mol. The topological polar surface area (TPSA) is 63.5 Å². The van der Waals surface area contributed by atoms with Gasteiger partial charge in [-0.3, -0.25) is 14.9 Å². The molecule has 0 aliphatic heterocycles. The number of likely N-dealkylation sites (N-methyl/N-ethyl adjacent to an activating group) is 1. The number of rotatable bonds is 5. The molecular weight excluding hydrogens is 339 g/mol. The summed E-state index contributed by atoms with van der Waals surface area (Å²) in [7, 11) is 1.63. The van der Waals surface area contributed by atoms with Crippen LogP contribution in [0.1, 0.15) is 11.1 Å². The molecule has 0 spiro atoms. The number of carbonyl (C=O) groups excluding carboxylic acids is 1. The Morgan fingerprint density at radius 3 is 2.52 bits per heavy atom. The van der Waals surface area contributed by atoms with Crippen molar-refractivity contribution in [3.05, 3.63) is 73.8 Å². The van der Waals surface area contributed by atoms with Crippen molar-refractivity contribution < 1.29 is 9.72 Å². The van der Waals surface area contributed by atoms with E-state index < -0.39 is 4.92 Å². The molecule has 0 saturated carbocycles. The zero-order chi connectivity index (χ0) is 17.0.